The molecule has 2 heterocycles. The van der Waals surface area contributed by atoms with Crippen LogP contribution in [0.1, 0.15) is 31.5 Å². The van der Waals surface area contributed by atoms with Crippen molar-refractivity contribution >= 4 is 38.9 Å². The van der Waals surface area contributed by atoms with Gasteiger partial charge in [-0.25, -0.2) is 13.4 Å². The first-order valence-electron chi connectivity index (χ1n) is 10.5. The van der Waals surface area contributed by atoms with Crippen molar-refractivity contribution in [2.45, 2.75) is 44.7 Å². The third-order valence-corrected chi connectivity index (χ3v) is 7.76. The quantitative estimate of drug-likeness (QED) is 0.596. The number of aryl methyl sites for hydroxylation is 1. The summed E-state index contributed by atoms with van der Waals surface area (Å²) in [5, 5.41) is 5.79. The molecule has 0 unspecified atom stereocenters. The average molecular weight is 480 g/mol. The van der Waals surface area contributed by atoms with Crippen LogP contribution in [0.3, 0.4) is 0 Å². The number of amides is 2. The minimum absolute atomic E-state index is 0.0331. The molecule has 1 saturated heterocycles. The van der Waals surface area contributed by atoms with Crippen molar-refractivity contribution in [3.05, 3.63) is 40.3 Å². The SMILES string of the molecule is CCc1nc(CN2CCN(C(=O)[C@H](C)NS(=O)(=O)c3ccc(NC(C)=O)cc3)CC2)cs1. The van der Waals surface area contributed by atoms with E-state index in [4.69, 9.17) is 0 Å². The highest BCUT2D eigenvalue weighted by Gasteiger charge is 2.28. The van der Waals surface area contributed by atoms with Gasteiger partial charge in [0.05, 0.1) is 21.6 Å². The van der Waals surface area contributed by atoms with E-state index in [-0.39, 0.29) is 16.7 Å². The Morgan fingerprint density at radius 3 is 2.38 bits per heavy atom. The van der Waals surface area contributed by atoms with Crippen LogP contribution in [0, 0.1) is 0 Å². The number of carbonyl (C=O) groups is 2. The number of sulfonamides is 1. The van der Waals surface area contributed by atoms with E-state index in [1.165, 1.54) is 31.2 Å². The number of nitrogens with zero attached hydrogens (tertiary/aromatic N) is 3. The maximum absolute atomic E-state index is 12.8. The molecule has 1 aromatic carbocycles. The molecule has 0 bridgehead atoms. The number of aromatic nitrogens is 1. The Balaban J connectivity index is 1.52. The Kier molecular flexibility index (Phi) is 7.99. The van der Waals surface area contributed by atoms with Crippen LogP contribution in [-0.2, 0) is 32.6 Å². The second kappa shape index (κ2) is 10.5. The standard InChI is InChI=1S/C21H29N5O4S2/c1-4-20-23-18(14-31-20)13-25-9-11-26(12-10-25)21(28)15(2)24-32(29,30)19-7-5-17(6-8-19)22-16(3)27/h5-8,14-15,24H,4,9-13H2,1-3H3,(H,22,27)/t15-/m0/s1. The van der Waals surface area contributed by atoms with E-state index in [9.17, 15) is 18.0 Å². The van der Waals surface area contributed by atoms with Crippen molar-refractivity contribution in [2.24, 2.45) is 0 Å². The predicted molar refractivity (Wildman–Crippen MR) is 124 cm³/mol. The van der Waals surface area contributed by atoms with E-state index in [0.29, 0.717) is 18.8 Å². The molecule has 0 spiro atoms. The van der Waals surface area contributed by atoms with Gasteiger partial charge in [-0.3, -0.25) is 14.5 Å². The van der Waals surface area contributed by atoms with Crippen molar-refractivity contribution in [3.63, 3.8) is 0 Å². The summed E-state index contributed by atoms with van der Waals surface area (Å²) in [6, 6.07) is 4.92. The molecule has 174 valence electrons. The predicted octanol–water partition coefficient (Wildman–Crippen LogP) is 1.68. The van der Waals surface area contributed by atoms with Gasteiger partial charge in [0.25, 0.3) is 0 Å². The van der Waals surface area contributed by atoms with Gasteiger partial charge in [-0.2, -0.15) is 4.72 Å². The molecule has 0 radical (unpaired) electrons. The normalized spacial score (nSPS) is 16.0. The van der Waals surface area contributed by atoms with Gasteiger partial charge in [0, 0.05) is 50.7 Å². The van der Waals surface area contributed by atoms with E-state index in [2.05, 4.69) is 32.2 Å². The number of nitrogens with one attached hydrogen (secondary N) is 2. The fourth-order valence-electron chi connectivity index (χ4n) is 3.49. The first-order valence-corrected chi connectivity index (χ1v) is 12.9. The molecule has 1 aliphatic rings. The zero-order chi connectivity index (χ0) is 23.3. The van der Waals surface area contributed by atoms with Crippen LogP contribution in [0.15, 0.2) is 34.5 Å². The van der Waals surface area contributed by atoms with Crippen LogP contribution in [0.25, 0.3) is 0 Å². The summed E-state index contributed by atoms with van der Waals surface area (Å²) in [7, 11) is -3.87. The molecule has 1 aliphatic heterocycles. The molecule has 11 heteroatoms. The molecule has 0 aliphatic carbocycles. The molecule has 2 aromatic rings. The molecule has 1 fully saturated rings. The second-order valence-electron chi connectivity index (χ2n) is 7.74. The Bertz CT molecular complexity index is 1040. The van der Waals surface area contributed by atoms with E-state index < -0.39 is 16.1 Å². The van der Waals surface area contributed by atoms with Gasteiger partial charge in [0.1, 0.15) is 0 Å². The molecule has 2 N–H and O–H groups in total. The molecule has 32 heavy (non-hydrogen) atoms. The van der Waals surface area contributed by atoms with Crippen molar-refractivity contribution in [2.75, 3.05) is 31.5 Å². The summed E-state index contributed by atoms with van der Waals surface area (Å²) in [4.78, 5) is 32.5. The highest BCUT2D eigenvalue weighted by Crippen LogP contribution is 2.16. The lowest BCUT2D eigenvalue weighted by atomic mass is 10.2. The lowest BCUT2D eigenvalue weighted by Crippen LogP contribution is -2.53. The first kappa shape index (κ1) is 24.3. The van der Waals surface area contributed by atoms with Gasteiger partial charge in [0.15, 0.2) is 0 Å². The number of benzene rings is 1. The van der Waals surface area contributed by atoms with Crippen LogP contribution in [0.4, 0.5) is 5.69 Å². The largest absolute Gasteiger partial charge is 0.339 e. The summed E-state index contributed by atoms with van der Waals surface area (Å²) in [6.45, 7) is 8.30. The Labute approximate surface area is 192 Å². The smallest absolute Gasteiger partial charge is 0.241 e. The highest BCUT2D eigenvalue weighted by molar-refractivity contribution is 7.89. The van der Waals surface area contributed by atoms with Crippen LogP contribution in [0.5, 0.6) is 0 Å². The maximum Gasteiger partial charge on any atom is 0.241 e. The van der Waals surface area contributed by atoms with Gasteiger partial charge in [0.2, 0.25) is 21.8 Å². The number of hydrogen-bond donors (Lipinski definition) is 2. The Hall–Kier alpha value is -2.34. The first-order chi connectivity index (χ1) is 15.2. The summed E-state index contributed by atoms with van der Waals surface area (Å²) in [6.07, 6.45) is 0.931. The number of piperazine rings is 1. The molecule has 9 nitrogen and oxygen atoms in total. The second-order valence-corrected chi connectivity index (χ2v) is 10.4. The minimum Gasteiger partial charge on any atom is -0.339 e. The topological polar surface area (TPSA) is 112 Å². The fourth-order valence-corrected chi connectivity index (χ4v) is 5.42. The zero-order valence-electron chi connectivity index (χ0n) is 18.5. The summed E-state index contributed by atoms with van der Waals surface area (Å²) in [5.41, 5.74) is 1.55. The van der Waals surface area contributed by atoms with Crippen LogP contribution in [0.2, 0.25) is 0 Å². The fraction of sp³-hybridized carbons (Fsp3) is 0.476. The zero-order valence-corrected chi connectivity index (χ0v) is 20.1. The third kappa shape index (κ3) is 6.35. The average Bonchev–Trinajstić information content (AvgIpc) is 3.21. The van der Waals surface area contributed by atoms with Crippen molar-refractivity contribution in [1.82, 2.24) is 19.5 Å². The Morgan fingerprint density at radius 2 is 1.81 bits per heavy atom. The van der Waals surface area contributed by atoms with Gasteiger partial charge in [-0.05, 0) is 37.6 Å². The number of anilines is 1. The van der Waals surface area contributed by atoms with Gasteiger partial charge < -0.3 is 10.2 Å². The lowest BCUT2D eigenvalue weighted by Gasteiger charge is -2.35. The summed E-state index contributed by atoms with van der Waals surface area (Å²) >= 11 is 1.67. The van der Waals surface area contributed by atoms with Crippen LogP contribution < -0.4 is 10.0 Å². The summed E-state index contributed by atoms with van der Waals surface area (Å²) < 4.78 is 27.8. The van der Waals surface area contributed by atoms with Crippen molar-refractivity contribution in [1.29, 1.82) is 0 Å². The Morgan fingerprint density at radius 1 is 1.16 bits per heavy atom. The molecular weight excluding hydrogens is 450 g/mol. The molecular formula is C21H29N5O4S2. The lowest BCUT2D eigenvalue weighted by molar-refractivity contribution is -0.134. The van der Waals surface area contributed by atoms with Crippen molar-refractivity contribution in [3.8, 4) is 0 Å². The summed E-state index contributed by atoms with van der Waals surface area (Å²) in [5.74, 6) is -0.486. The minimum atomic E-state index is -3.87. The van der Waals surface area contributed by atoms with Gasteiger partial charge >= 0.3 is 0 Å². The number of hydrogen-bond acceptors (Lipinski definition) is 7. The van der Waals surface area contributed by atoms with Crippen LogP contribution in [-0.4, -0.2) is 67.2 Å². The van der Waals surface area contributed by atoms with Crippen LogP contribution >= 0.6 is 11.3 Å². The molecule has 3 rings (SSSR count). The molecule has 1 aromatic heterocycles. The van der Waals surface area contributed by atoms with Crippen molar-refractivity contribution < 1.29 is 18.0 Å². The van der Waals surface area contributed by atoms with E-state index >= 15 is 0 Å². The maximum atomic E-state index is 12.8. The molecule has 0 saturated carbocycles. The van der Waals surface area contributed by atoms with Gasteiger partial charge in [-0.15, -0.1) is 11.3 Å². The van der Waals surface area contributed by atoms with E-state index in [0.717, 1.165) is 36.8 Å². The number of rotatable bonds is 8. The molecule has 2 amide bonds. The number of thiazole rings is 1. The van der Waals surface area contributed by atoms with Gasteiger partial charge in [-0.1, -0.05) is 6.92 Å². The molecule has 1 atom stereocenters. The third-order valence-electron chi connectivity index (χ3n) is 5.16. The monoisotopic (exact) mass is 479 g/mol. The van der Waals surface area contributed by atoms with E-state index in [1.807, 2.05) is 0 Å². The highest BCUT2D eigenvalue weighted by atomic mass is 32.2. The van der Waals surface area contributed by atoms with E-state index in [1.54, 1.807) is 23.2 Å². The number of carbonyl (C=O) groups excluding carboxylic acids is 2.